The second kappa shape index (κ2) is 18.7. The van der Waals surface area contributed by atoms with Gasteiger partial charge in [-0.3, -0.25) is 0 Å². The van der Waals surface area contributed by atoms with Gasteiger partial charge in [-0.2, -0.15) is 19.2 Å². The second-order valence-electron chi connectivity index (χ2n) is 18.2. The normalized spacial score (nSPS) is 17.0. The van der Waals surface area contributed by atoms with Gasteiger partial charge >= 0.3 is 0 Å². The van der Waals surface area contributed by atoms with E-state index in [1.165, 1.54) is 89.9 Å². The molecule has 3 N–H and O–H groups in total. The second-order valence-corrected chi connectivity index (χ2v) is 18.2. The molecule has 0 unspecified atom stereocenters. The lowest BCUT2D eigenvalue weighted by Gasteiger charge is -2.18. The number of pyridine rings is 2. The van der Waals surface area contributed by atoms with Gasteiger partial charge in [-0.1, -0.05) is 99.2 Å². The van der Waals surface area contributed by atoms with E-state index in [2.05, 4.69) is 110 Å². The van der Waals surface area contributed by atoms with Crippen molar-refractivity contribution in [3.8, 4) is 44.8 Å². The maximum Gasteiger partial charge on any atom is 0.165 e. The summed E-state index contributed by atoms with van der Waals surface area (Å²) >= 11 is 0. The molecule has 0 spiro atoms. The van der Waals surface area contributed by atoms with Crippen LogP contribution in [-0.4, -0.2) is 70.4 Å². The van der Waals surface area contributed by atoms with E-state index in [1.807, 2.05) is 52.0 Å². The van der Waals surface area contributed by atoms with Crippen LogP contribution in [0.2, 0.25) is 0 Å². The summed E-state index contributed by atoms with van der Waals surface area (Å²) in [5.41, 5.74) is 10.2. The summed E-state index contributed by atoms with van der Waals surface area (Å²) in [6.45, 7) is 2.14. The van der Waals surface area contributed by atoms with Gasteiger partial charge in [-0.25, -0.2) is 19.9 Å². The van der Waals surface area contributed by atoms with Crippen molar-refractivity contribution in [2.24, 2.45) is 0 Å². The Labute approximate surface area is 381 Å². The van der Waals surface area contributed by atoms with Crippen LogP contribution < -0.4 is 20.9 Å². The minimum Gasteiger partial charge on any atom is -0.367 e. The van der Waals surface area contributed by atoms with Gasteiger partial charge < -0.3 is 20.9 Å². The average Bonchev–Trinajstić information content (AvgIpc) is 4.22. The van der Waals surface area contributed by atoms with Crippen molar-refractivity contribution in [3.05, 3.63) is 122 Å². The Morgan fingerprint density at radius 1 is 0.415 bits per heavy atom. The molecule has 3 aliphatic carbocycles. The predicted molar refractivity (Wildman–Crippen MR) is 262 cm³/mol. The zero-order valence-corrected chi connectivity index (χ0v) is 37.1. The highest BCUT2D eigenvalue weighted by atomic mass is 15.4. The standard InChI is InChI=1S/C27H30N6.C26H28N6/c1-2-8-19(9-3-1)26-25(20-14-16-28-23(18-20)30-21-10-4-5-11-21)27-29-17-15-24(33(27)32-26)31-22-12-6-7-13-22;1-2-8-19(9-3-1)25-24(20-12-14-27-22(18-20)29-21-10-4-5-11-21)26-28-15-13-23(32(26)30-25)31-16-6-7-17-31/h1-3,8-9,14-18,21-22,31H,4-7,10-13H2,(H,28,30);1-3,8-9,12-15,18,21H,4-7,10-11,16-17H2,(H,27,29). The van der Waals surface area contributed by atoms with E-state index in [-0.39, 0.29) is 0 Å². The van der Waals surface area contributed by atoms with Crippen LogP contribution in [0, 0.1) is 0 Å². The van der Waals surface area contributed by atoms with Gasteiger partial charge in [-0.15, -0.1) is 0 Å². The van der Waals surface area contributed by atoms with Crippen LogP contribution in [-0.2, 0) is 0 Å². The third-order valence-corrected chi connectivity index (χ3v) is 13.8. The van der Waals surface area contributed by atoms with Crippen molar-refractivity contribution in [1.29, 1.82) is 0 Å². The number of anilines is 4. The van der Waals surface area contributed by atoms with Crippen LogP contribution in [0.25, 0.3) is 56.1 Å². The topological polar surface area (TPSA) is 125 Å². The lowest BCUT2D eigenvalue weighted by atomic mass is 10.0. The van der Waals surface area contributed by atoms with Crippen LogP contribution in [0.1, 0.15) is 89.9 Å². The Morgan fingerprint density at radius 3 is 1.38 bits per heavy atom. The Kier molecular flexibility index (Phi) is 11.8. The number of benzene rings is 2. The molecule has 0 bridgehead atoms. The number of nitrogens with zero attached hydrogens (tertiary/aromatic N) is 9. The number of hydrogen-bond donors (Lipinski definition) is 3. The van der Waals surface area contributed by atoms with Crippen LogP contribution in [0.4, 0.5) is 23.3 Å². The third kappa shape index (κ3) is 8.73. The summed E-state index contributed by atoms with van der Waals surface area (Å²) in [5.74, 6) is 3.99. The van der Waals surface area contributed by atoms with Crippen LogP contribution >= 0.6 is 0 Å². The summed E-state index contributed by atoms with van der Waals surface area (Å²) < 4.78 is 4.02. The Morgan fingerprint density at radius 2 is 0.862 bits per heavy atom. The molecule has 1 aliphatic heterocycles. The quantitative estimate of drug-likeness (QED) is 0.116. The van der Waals surface area contributed by atoms with Gasteiger partial charge in [0, 0.05) is 67.1 Å². The Balaban J connectivity index is 0.000000144. The fourth-order valence-corrected chi connectivity index (χ4v) is 10.5. The average molecular weight is 863 g/mol. The highest BCUT2D eigenvalue weighted by Crippen LogP contribution is 2.39. The molecule has 4 fully saturated rings. The molecule has 12 nitrogen and oxygen atoms in total. The summed E-state index contributed by atoms with van der Waals surface area (Å²) in [4.78, 5) is 21.2. The third-order valence-electron chi connectivity index (χ3n) is 13.8. The molecule has 6 aromatic heterocycles. The van der Waals surface area contributed by atoms with Crippen molar-refractivity contribution in [2.75, 3.05) is 33.9 Å². The van der Waals surface area contributed by atoms with Crippen molar-refractivity contribution >= 4 is 34.6 Å². The van der Waals surface area contributed by atoms with E-state index in [4.69, 9.17) is 20.2 Å². The largest absolute Gasteiger partial charge is 0.367 e. The van der Waals surface area contributed by atoms with Gasteiger partial charge in [-0.05, 0) is 98.9 Å². The van der Waals surface area contributed by atoms with E-state index in [0.29, 0.717) is 18.1 Å². The first-order valence-corrected chi connectivity index (χ1v) is 24.1. The highest BCUT2D eigenvalue weighted by Gasteiger charge is 2.25. The number of fused-ring (bicyclic) bond motifs is 2. The summed E-state index contributed by atoms with van der Waals surface area (Å²) in [5, 5.41) is 21.2. The molecule has 0 amide bonds. The fourth-order valence-electron chi connectivity index (χ4n) is 10.5. The molecule has 2 aromatic carbocycles. The molecule has 0 radical (unpaired) electrons. The van der Waals surface area contributed by atoms with E-state index >= 15 is 0 Å². The van der Waals surface area contributed by atoms with Crippen LogP contribution in [0.5, 0.6) is 0 Å². The van der Waals surface area contributed by atoms with E-state index in [1.54, 1.807) is 0 Å². The van der Waals surface area contributed by atoms with Gasteiger partial charge in [0.05, 0.1) is 11.1 Å². The molecule has 12 heteroatoms. The first-order chi connectivity index (χ1) is 32.2. The molecule has 3 saturated carbocycles. The van der Waals surface area contributed by atoms with E-state index < -0.39 is 0 Å². The van der Waals surface area contributed by atoms with Gasteiger partial charge in [0.1, 0.15) is 34.7 Å². The number of nitrogens with one attached hydrogen (secondary N) is 3. The lowest BCUT2D eigenvalue weighted by Crippen LogP contribution is -2.21. The van der Waals surface area contributed by atoms with E-state index in [0.717, 1.165) is 92.4 Å². The minimum absolute atomic E-state index is 0.506. The Bertz CT molecular complexity index is 2850. The molecule has 4 aliphatic rings. The molecule has 1 saturated heterocycles. The SMILES string of the molecule is c1ccc(-c2nn3c(N4CCCC4)ccnc3c2-c2ccnc(NC3CCCC3)c2)cc1.c1ccc(-c2nn3c(NC4CCCC4)ccnc3c2-c2ccnc(NC3CCCC3)c2)cc1. The van der Waals surface area contributed by atoms with Gasteiger partial charge in [0.2, 0.25) is 0 Å². The van der Waals surface area contributed by atoms with Crippen molar-refractivity contribution in [2.45, 2.75) is 108 Å². The molecular formula is C53H58N12. The minimum atomic E-state index is 0.506. The molecule has 8 aromatic rings. The maximum absolute atomic E-state index is 5.11. The summed E-state index contributed by atoms with van der Waals surface area (Å²) in [6.07, 6.45) is 25.1. The van der Waals surface area contributed by atoms with Crippen molar-refractivity contribution in [1.82, 2.24) is 39.2 Å². The van der Waals surface area contributed by atoms with Crippen LogP contribution in [0.15, 0.2) is 122 Å². The molecular weight excluding hydrogens is 805 g/mol. The van der Waals surface area contributed by atoms with E-state index in [9.17, 15) is 0 Å². The Hall–Kier alpha value is -6.82. The molecule has 330 valence electrons. The highest BCUT2D eigenvalue weighted by molar-refractivity contribution is 5.93. The fraction of sp³-hybridized carbons (Fsp3) is 0.358. The monoisotopic (exact) mass is 862 g/mol. The smallest absolute Gasteiger partial charge is 0.165 e. The number of hydrogen-bond acceptors (Lipinski definition) is 10. The first-order valence-electron chi connectivity index (χ1n) is 24.1. The molecule has 12 rings (SSSR count). The molecule has 7 heterocycles. The van der Waals surface area contributed by atoms with Gasteiger partial charge in [0.15, 0.2) is 11.3 Å². The number of aromatic nitrogens is 8. The van der Waals surface area contributed by atoms with Crippen molar-refractivity contribution < 1.29 is 0 Å². The van der Waals surface area contributed by atoms with Gasteiger partial charge in [0.25, 0.3) is 0 Å². The maximum atomic E-state index is 5.11. The zero-order valence-electron chi connectivity index (χ0n) is 37.1. The summed E-state index contributed by atoms with van der Waals surface area (Å²) in [6, 6.07) is 35.0. The summed E-state index contributed by atoms with van der Waals surface area (Å²) in [7, 11) is 0. The molecule has 0 atom stereocenters. The van der Waals surface area contributed by atoms with Crippen LogP contribution in [0.3, 0.4) is 0 Å². The predicted octanol–water partition coefficient (Wildman–Crippen LogP) is 11.6. The molecule has 65 heavy (non-hydrogen) atoms. The zero-order chi connectivity index (χ0) is 43.4. The lowest BCUT2D eigenvalue weighted by molar-refractivity contribution is 0.740. The first kappa shape index (κ1) is 40.9. The van der Waals surface area contributed by atoms with Crippen molar-refractivity contribution in [3.63, 3.8) is 0 Å². The number of rotatable bonds is 11.